The largest absolute Gasteiger partial charge is 0.444 e. The standard InChI is InChI=1S/C16H21N5O3/c1-3-13-8-17-15(24-13)10-21(11(2)22)12-5-7-20(9-12)16(23)14-4-6-18-19-14/h4,6,8,12H,3,5,7,9-10H2,1-2H3,(H,18,19). The van der Waals surface area contributed by atoms with E-state index in [1.54, 1.807) is 28.3 Å². The summed E-state index contributed by atoms with van der Waals surface area (Å²) in [5.41, 5.74) is 0.463. The van der Waals surface area contributed by atoms with E-state index in [1.807, 2.05) is 6.92 Å². The molecule has 0 aliphatic carbocycles. The number of rotatable bonds is 5. The molecule has 8 nitrogen and oxygen atoms in total. The van der Waals surface area contributed by atoms with Gasteiger partial charge in [0.1, 0.15) is 11.5 Å². The van der Waals surface area contributed by atoms with Crippen molar-refractivity contribution >= 4 is 11.8 Å². The normalized spacial score (nSPS) is 17.2. The number of oxazole rings is 1. The number of nitrogens with zero attached hydrogens (tertiary/aromatic N) is 4. The minimum absolute atomic E-state index is 0.0358. The van der Waals surface area contributed by atoms with E-state index in [-0.39, 0.29) is 17.9 Å². The van der Waals surface area contributed by atoms with Crippen molar-refractivity contribution in [2.24, 2.45) is 0 Å². The van der Waals surface area contributed by atoms with Crippen molar-refractivity contribution < 1.29 is 14.0 Å². The lowest BCUT2D eigenvalue weighted by molar-refractivity contribution is -0.132. The number of carbonyl (C=O) groups is 2. The molecular formula is C16H21N5O3. The molecule has 128 valence electrons. The van der Waals surface area contributed by atoms with Crippen LogP contribution in [-0.2, 0) is 17.8 Å². The molecule has 1 unspecified atom stereocenters. The number of hydrogen-bond donors (Lipinski definition) is 1. The van der Waals surface area contributed by atoms with Crippen molar-refractivity contribution in [1.29, 1.82) is 0 Å². The fraction of sp³-hybridized carbons (Fsp3) is 0.500. The summed E-state index contributed by atoms with van der Waals surface area (Å²) in [4.78, 5) is 32.1. The summed E-state index contributed by atoms with van der Waals surface area (Å²) >= 11 is 0. The second-order valence-corrected chi connectivity index (χ2v) is 5.88. The Balaban J connectivity index is 1.66. The zero-order chi connectivity index (χ0) is 17.1. The van der Waals surface area contributed by atoms with Gasteiger partial charge in [0.15, 0.2) is 0 Å². The summed E-state index contributed by atoms with van der Waals surface area (Å²) in [5, 5.41) is 6.49. The van der Waals surface area contributed by atoms with Gasteiger partial charge in [-0.1, -0.05) is 6.92 Å². The molecule has 3 rings (SSSR count). The number of aromatic nitrogens is 3. The Morgan fingerprint density at radius 2 is 2.33 bits per heavy atom. The van der Waals surface area contributed by atoms with Gasteiger partial charge >= 0.3 is 0 Å². The third-order valence-electron chi connectivity index (χ3n) is 4.28. The zero-order valence-electron chi connectivity index (χ0n) is 13.9. The Morgan fingerprint density at radius 3 is 2.96 bits per heavy atom. The molecule has 0 radical (unpaired) electrons. The van der Waals surface area contributed by atoms with Gasteiger partial charge in [0.25, 0.3) is 5.91 Å². The maximum Gasteiger partial charge on any atom is 0.271 e. The van der Waals surface area contributed by atoms with Gasteiger partial charge < -0.3 is 14.2 Å². The zero-order valence-corrected chi connectivity index (χ0v) is 13.9. The van der Waals surface area contributed by atoms with E-state index in [9.17, 15) is 9.59 Å². The average Bonchev–Trinajstić information content (AvgIpc) is 3.32. The van der Waals surface area contributed by atoms with Gasteiger partial charge in [0.05, 0.1) is 18.8 Å². The summed E-state index contributed by atoms with van der Waals surface area (Å²) in [5.74, 6) is 1.19. The van der Waals surface area contributed by atoms with E-state index in [0.717, 1.165) is 18.6 Å². The first-order valence-corrected chi connectivity index (χ1v) is 8.08. The Hall–Kier alpha value is -2.64. The molecule has 2 aromatic heterocycles. The number of H-pyrrole nitrogens is 1. The van der Waals surface area contributed by atoms with Crippen LogP contribution in [0.4, 0.5) is 0 Å². The third kappa shape index (κ3) is 3.32. The summed E-state index contributed by atoms with van der Waals surface area (Å²) in [6.45, 7) is 4.95. The van der Waals surface area contributed by atoms with E-state index in [1.165, 1.54) is 6.92 Å². The number of amides is 2. The molecule has 2 aromatic rings. The fourth-order valence-electron chi connectivity index (χ4n) is 2.95. The van der Waals surface area contributed by atoms with Crippen molar-refractivity contribution in [1.82, 2.24) is 25.0 Å². The number of nitrogens with one attached hydrogen (secondary N) is 1. The van der Waals surface area contributed by atoms with Crippen LogP contribution in [0.3, 0.4) is 0 Å². The highest BCUT2D eigenvalue weighted by Crippen LogP contribution is 2.20. The minimum atomic E-state index is -0.0945. The first-order chi connectivity index (χ1) is 11.6. The molecule has 0 aromatic carbocycles. The van der Waals surface area contributed by atoms with Crippen molar-refractivity contribution in [3.05, 3.63) is 35.8 Å². The van der Waals surface area contributed by atoms with E-state index < -0.39 is 0 Å². The highest BCUT2D eigenvalue weighted by Gasteiger charge is 2.33. The highest BCUT2D eigenvalue weighted by molar-refractivity contribution is 5.92. The topological polar surface area (TPSA) is 95.3 Å². The van der Waals surface area contributed by atoms with Crippen LogP contribution in [0.15, 0.2) is 22.9 Å². The molecule has 8 heteroatoms. The smallest absolute Gasteiger partial charge is 0.271 e. The number of aryl methyl sites for hydroxylation is 1. The first-order valence-electron chi connectivity index (χ1n) is 8.08. The van der Waals surface area contributed by atoms with E-state index >= 15 is 0 Å². The van der Waals surface area contributed by atoms with E-state index in [2.05, 4.69) is 15.2 Å². The molecule has 1 saturated heterocycles. The van der Waals surface area contributed by atoms with Gasteiger partial charge in [0, 0.05) is 32.6 Å². The molecular weight excluding hydrogens is 310 g/mol. The third-order valence-corrected chi connectivity index (χ3v) is 4.28. The van der Waals surface area contributed by atoms with Crippen LogP contribution in [0, 0.1) is 0 Å². The van der Waals surface area contributed by atoms with E-state index in [4.69, 9.17) is 4.42 Å². The number of aromatic amines is 1. The molecule has 1 aliphatic heterocycles. The monoisotopic (exact) mass is 331 g/mol. The van der Waals surface area contributed by atoms with Crippen LogP contribution >= 0.6 is 0 Å². The summed E-state index contributed by atoms with van der Waals surface area (Å²) in [7, 11) is 0. The highest BCUT2D eigenvalue weighted by atomic mass is 16.4. The van der Waals surface area contributed by atoms with Gasteiger partial charge in [-0.3, -0.25) is 14.7 Å². The molecule has 3 heterocycles. The summed E-state index contributed by atoms with van der Waals surface area (Å²) < 4.78 is 5.61. The minimum Gasteiger partial charge on any atom is -0.444 e. The van der Waals surface area contributed by atoms with Crippen LogP contribution in [0.2, 0.25) is 0 Å². The molecule has 0 bridgehead atoms. The van der Waals surface area contributed by atoms with Crippen LogP contribution in [0.1, 0.15) is 42.4 Å². The van der Waals surface area contributed by atoms with Gasteiger partial charge in [-0.2, -0.15) is 5.10 Å². The number of likely N-dealkylation sites (tertiary alicyclic amines) is 1. The lowest BCUT2D eigenvalue weighted by Crippen LogP contribution is -2.41. The van der Waals surface area contributed by atoms with Gasteiger partial charge in [0.2, 0.25) is 11.8 Å². The second kappa shape index (κ2) is 6.86. The Kier molecular flexibility index (Phi) is 4.64. The van der Waals surface area contributed by atoms with Crippen LogP contribution < -0.4 is 0 Å². The van der Waals surface area contributed by atoms with Crippen LogP contribution in [0.25, 0.3) is 0 Å². The van der Waals surface area contributed by atoms with Gasteiger partial charge in [-0.15, -0.1) is 0 Å². The van der Waals surface area contributed by atoms with Gasteiger partial charge in [-0.25, -0.2) is 4.98 Å². The maximum absolute atomic E-state index is 12.4. The molecule has 24 heavy (non-hydrogen) atoms. The average molecular weight is 331 g/mol. The van der Waals surface area contributed by atoms with Gasteiger partial charge in [-0.05, 0) is 12.5 Å². The summed E-state index contributed by atoms with van der Waals surface area (Å²) in [6, 6.07) is 1.61. The molecule has 1 fully saturated rings. The Morgan fingerprint density at radius 1 is 1.50 bits per heavy atom. The molecule has 1 aliphatic rings. The van der Waals surface area contributed by atoms with Crippen molar-refractivity contribution in [3.8, 4) is 0 Å². The quantitative estimate of drug-likeness (QED) is 0.889. The predicted molar refractivity (Wildman–Crippen MR) is 85.0 cm³/mol. The van der Waals surface area contributed by atoms with Crippen molar-refractivity contribution in [3.63, 3.8) is 0 Å². The van der Waals surface area contributed by atoms with E-state index in [0.29, 0.717) is 31.2 Å². The lowest BCUT2D eigenvalue weighted by Gasteiger charge is -2.26. The van der Waals surface area contributed by atoms with Crippen molar-refractivity contribution in [2.45, 2.75) is 39.3 Å². The van der Waals surface area contributed by atoms with Crippen molar-refractivity contribution in [2.75, 3.05) is 13.1 Å². The predicted octanol–water partition coefficient (Wildman–Crippen LogP) is 1.22. The molecule has 0 spiro atoms. The first kappa shape index (κ1) is 16.2. The fourth-order valence-corrected chi connectivity index (χ4v) is 2.95. The van der Waals surface area contributed by atoms with Crippen LogP contribution in [-0.4, -0.2) is 55.9 Å². The Bertz CT molecular complexity index is 709. The van der Waals surface area contributed by atoms with Crippen LogP contribution in [0.5, 0.6) is 0 Å². The molecule has 2 amide bonds. The number of hydrogen-bond acceptors (Lipinski definition) is 5. The number of carbonyl (C=O) groups excluding carboxylic acids is 2. The molecule has 1 atom stereocenters. The second-order valence-electron chi connectivity index (χ2n) is 5.88. The maximum atomic E-state index is 12.4. The Labute approximate surface area is 139 Å². The lowest BCUT2D eigenvalue weighted by atomic mass is 10.2. The molecule has 1 N–H and O–H groups in total. The molecule has 0 saturated carbocycles. The SMILES string of the molecule is CCc1cnc(CN(C(C)=O)C2CCN(C(=O)c3ccn[nH]3)C2)o1. The summed E-state index contributed by atoms with van der Waals surface area (Å²) in [6.07, 6.45) is 4.75.